The first kappa shape index (κ1) is 15.3. The fourth-order valence-corrected chi connectivity index (χ4v) is 3.01. The molecule has 1 aliphatic rings. The van der Waals surface area contributed by atoms with Crippen LogP contribution in [0.3, 0.4) is 0 Å². The van der Waals surface area contributed by atoms with Gasteiger partial charge in [-0.2, -0.15) is 0 Å². The minimum absolute atomic E-state index is 0.235. The summed E-state index contributed by atoms with van der Waals surface area (Å²) in [5.41, 5.74) is 3.72. The zero-order chi connectivity index (χ0) is 15.4. The molecule has 4 heteroatoms. The lowest BCUT2D eigenvalue weighted by atomic mass is 10.2. The Balaban J connectivity index is 1.63. The molecule has 0 radical (unpaired) electrons. The van der Waals surface area contributed by atoms with Crippen molar-refractivity contribution < 1.29 is 4.74 Å². The average molecular weight is 299 g/mol. The van der Waals surface area contributed by atoms with Crippen molar-refractivity contribution in [2.24, 2.45) is 0 Å². The van der Waals surface area contributed by atoms with E-state index in [9.17, 15) is 0 Å². The lowest BCUT2D eigenvalue weighted by molar-refractivity contribution is 0.0411. The first-order chi connectivity index (χ1) is 10.7. The monoisotopic (exact) mass is 299 g/mol. The highest BCUT2D eigenvalue weighted by molar-refractivity contribution is 5.14. The van der Waals surface area contributed by atoms with Gasteiger partial charge in [-0.05, 0) is 25.8 Å². The fourth-order valence-electron chi connectivity index (χ4n) is 3.01. The predicted octanol–water partition coefficient (Wildman–Crippen LogP) is 2.79. The second-order valence-electron chi connectivity index (χ2n) is 6.13. The first-order valence-electron chi connectivity index (χ1n) is 8.08. The molecule has 22 heavy (non-hydrogen) atoms. The van der Waals surface area contributed by atoms with E-state index in [1.807, 2.05) is 6.33 Å². The summed E-state index contributed by atoms with van der Waals surface area (Å²) in [4.78, 5) is 6.89. The molecular formula is C18H25N3O. The van der Waals surface area contributed by atoms with Gasteiger partial charge in [0.15, 0.2) is 0 Å². The normalized spacial score (nSPS) is 20.0. The number of hydrogen-bond acceptors (Lipinski definition) is 3. The molecule has 0 saturated carbocycles. The molecule has 0 spiro atoms. The Morgan fingerprint density at radius 2 is 2.05 bits per heavy atom. The van der Waals surface area contributed by atoms with Crippen molar-refractivity contribution in [3.63, 3.8) is 0 Å². The summed E-state index contributed by atoms with van der Waals surface area (Å²) in [6.07, 6.45) is 3.27. The number of aryl methyl sites for hydroxylation is 1. The van der Waals surface area contributed by atoms with Crippen LogP contribution in [0.25, 0.3) is 0 Å². The molecular weight excluding hydrogens is 274 g/mol. The minimum Gasteiger partial charge on any atom is -0.375 e. The lowest BCUT2D eigenvalue weighted by Crippen LogP contribution is -2.34. The van der Waals surface area contributed by atoms with Crippen LogP contribution in [0.15, 0.2) is 36.7 Å². The molecule has 1 aromatic heterocycles. The molecule has 1 aromatic carbocycles. The van der Waals surface area contributed by atoms with Crippen LogP contribution in [0.5, 0.6) is 0 Å². The second kappa shape index (κ2) is 7.07. The maximum atomic E-state index is 6.05. The third-order valence-corrected chi connectivity index (χ3v) is 4.43. The summed E-state index contributed by atoms with van der Waals surface area (Å²) in [6.45, 7) is 9.00. The van der Waals surface area contributed by atoms with E-state index in [0.717, 1.165) is 44.9 Å². The minimum atomic E-state index is 0.235. The summed E-state index contributed by atoms with van der Waals surface area (Å²) < 4.78 is 8.26. The molecule has 2 aromatic rings. The Kier molecular flexibility index (Phi) is 4.90. The molecule has 1 atom stereocenters. The number of imidazole rings is 1. The summed E-state index contributed by atoms with van der Waals surface area (Å²) in [5, 5.41) is 0. The highest BCUT2D eigenvalue weighted by Gasteiger charge is 2.20. The predicted molar refractivity (Wildman–Crippen MR) is 87.8 cm³/mol. The van der Waals surface area contributed by atoms with Crippen LogP contribution in [-0.2, 0) is 17.8 Å². The Morgan fingerprint density at radius 3 is 2.77 bits per heavy atom. The van der Waals surface area contributed by atoms with Crippen LogP contribution < -0.4 is 0 Å². The maximum absolute atomic E-state index is 6.05. The van der Waals surface area contributed by atoms with Crippen LogP contribution in [0.1, 0.15) is 23.4 Å². The zero-order valence-corrected chi connectivity index (χ0v) is 13.5. The van der Waals surface area contributed by atoms with Gasteiger partial charge < -0.3 is 9.30 Å². The highest BCUT2D eigenvalue weighted by atomic mass is 16.5. The third kappa shape index (κ3) is 3.76. The van der Waals surface area contributed by atoms with Crippen molar-refractivity contribution in [3.8, 4) is 0 Å². The molecule has 1 unspecified atom stereocenters. The summed E-state index contributed by atoms with van der Waals surface area (Å²) >= 11 is 0. The Bertz CT molecular complexity index is 594. The van der Waals surface area contributed by atoms with E-state index in [2.05, 4.69) is 58.6 Å². The van der Waals surface area contributed by atoms with Crippen molar-refractivity contribution in [2.75, 3.05) is 19.7 Å². The van der Waals surface area contributed by atoms with Gasteiger partial charge in [-0.3, -0.25) is 4.90 Å². The van der Waals surface area contributed by atoms with Crippen molar-refractivity contribution in [1.82, 2.24) is 14.5 Å². The lowest BCUT2D eigenvalue weighted by Gasteiger charge is -2.24. The van der Waals surface area contributed by atoms with Gasteiger partial charge in [-0.25, -0.2) is 4.98 Å². The fraction of sp³-hybridized carbons (Fsp3) is 0.500. The topological polar surface area (TPSA) is 30.3 Å². The van der Waals surface area contributed by atoms with Gasteiger partial charge in [0.25, 0.3) is 0 Å². The van der Waals surface area contributed by atoms with E-state index in [4.69, 9.17) is 4.74 Å². The maximum Gasteiger partial charge on any atom is 0.0952 e. The van der Waals surface area contributed by atoms with E-state index in [1.54, 1.807) is 0 Å². The molecule has 0 bridgehead atoms. The van der Waals surface area contributed by atoms with E-state index < -0.39 is 0 Å². The zero-order valence-electron chi connectivity index (χ0n) is 13.5. The van der Waals surface area contributed by atoms with E-state index in [0.29, 0.717) is 0 Å². The molecule has 1 saturated heterocycles. The van der Waals surface area contributed by atoms with Gasteiger partial charge >= 0.3 is 0 Å². The Hall–Kier alpha value is -1.65. The summed E-state index contributed by atoms with van der Waals surface area (Å²) in [7, 11) is 0. The van der Waals surface area contributed by atoms with Gasteiger partial charge in [-0.1, -0.05) is 30.3 Å². The van der Waals surface area contributed by atoms with Gasteiger partial charge in [-0.15, -0.1) is 0 Å². The summed E-state index contributed by atoms with van der Waals surface area (Å²) in [6, 6.07) is 10.7. The van der Waals surface area contributed by atoms with Crippen molar-refractivity contribution in [2.45, 2.75) is 39.5 Å². The van der Waals surface area contributed by atoms with Gasteiger partial charge in [0.1, 0.15) is 0 Å². The molecule has 4 nitrogen and oxygen atoms in total. The van der Waals surface area contributed by atoms with Crippen LogP contribution >= 0.6 is 0 Å². The first-order valence-corrected chi connectivity index (χ1v) is 8.08. The van der Waals surface area contributed by atoms with Gasteiger partial charge in [0.05, 0.1) is 24.7 Å². The van der Waals surface area contributed by atoms with Crippen LogP contribution in [0.4, 0.5) is 0 Å². The van der Waals surface area contributed by atoms with E-state index in [1.165, 1.54) is 11.3 Å². The Labute approximate surface area is 132 Å². The molecule has 3 rings (SSSR count). The Morgan fingerprint density at radius 1 is 1.23 bits per heavy atom. The van der Waals surface area contributed by atoms with Crippen molar-refractivity contribution in [3.05, 3.63) is 53.6 Å². The standard InChI is InChI=1S/C18H25N3O/c1-15-16(2)21(14-19-15)13-18-12-20(9-6-10-22-18)11-17-7-4-3-5-8-17/h3-5,7-8,14,18H,6,9-13H2,1-2H3. The number of benzene rings is 1. The van der Waals surface area contributed by atoms with Gasteiger partial charge in [0, 0.05) is 31.9 Å². The van der Waals surface area contributed by atoms with E-state index in [-0.39, 0.29) is 6.10 Å². The highest BCUT2D eigenvalue weighted by Crippen LogP contribution is 2.14. The van der Waals surface area contributed by atoms with Crippen molar-refractivity contribution in [1.29, 1.82) is 0 Å². The van der Waals surface area contributed by atoms with E-state index >= 15 is 0 Å². The number of hydrogen-bond donors (Lipinski definition) is 0. The molecule has 1 fully saturated rings. The second-order valence-corrected chi connectivity index (χ2v) is 6.13. The van der Waals surface area contributed by atoms with Crippen LogP contribution in [-0.4, -0.2) is 40.3 Å². The van der Waals surface area contributed by atoms with Gasteiger partial charge in [0.2, 0.25) is 0 Å². The number of nitrogens with zero attached hydrogens (tertiary/aromatic N) is 3. The number of aromatic nitrogens is 2. The number of ether oxygens (including phenoxy) is 1. The molecule has 1 aliphatic heterocycles. The quantitative estimate of drug-likeness (QED) is 0.869. The largest absolute Gasteiger partial charge is 0.375 e. The van der Waals surface area contributed by atoms with Crippen LogP contribution in [0.2, 0.25) is 0 Å². The molecule has 0 aliphatic carbocycles. The van der Waals surface area contributed by atoms with Crippen LogP contribution in [0, 0.1) is 13.8 Å². The smallest absolute Gasteiger partial charge is 0.0952 e. The molecule has 0 amide bonds. The molecule has 0 N–H and O–H groups in total. The summed E-state index contributed by atoms with van der Waals surface area (Å²) in [5.74, 6) is 0. The van der Waals surface area contributed by atoms with Crippen molar-refractivity contribution >= 4 is 0 Å². The SMILES string of the molecule is Cc1ncn(CC2CN(Cc3ccccc3)CCCO2)c1C. The third-order valence-electron chi connectivity index (χ3n) is 4.43. The molecule has 2 heterocycles. The average Bonchev–Trinajstić information content (AvgIpc) is 2.73. The molecule has 118 valence electrons. The number of rotatable bonds is 4.